The van der Waals surface area contributed by atoms with Crippen LogP contribution in [-0.2, 0) is 14.4 Å². The van der Waals surface area contributed by atoms with E-state index in [-0.39, 0.29) is 41.0 Å². The maximum atomic E-state index is 11.9. The first-order valence-corrected chi connectivity index (χ1v) is 32.0. The van der Waals surface area contributed by atoms with Gasteiger partial charge in [-0.2, -0.15) is 0 Å². The molecule has 0 bridgehead atoms. The normalized spacial score (nSPS) is 10.3. The minimum Gasteiger partial charge on any atom is -0.504 e. The summed E-state index contributed by atoms with van der Waals surface area (Å²) in [5.74, 6) is 5.54. The highest BCUT2D eigenvalue weighted by Crippen LogP contribution is 2.33. The predicted octanol–water partition coefficient (Wildman–Crippen LogP) is 16.7. The number of rotatable bonds is 42. The number of nitrogens with two attached hydrogens (primary N) is 1. The number of benzene rings is 3. The van der Waals surface area contributed by atoms with Crippen molar-refractivity contribution in [3.63, 3.8) is 0 Å². The Hall–Kier alpha value is -3.34. The molecule has 0 aliphatic carbocycles. The first-order chi connectivity index (χ1) is 37.4. The van der Waals surface area contributed by atoms with Gasteiger partial charge in [-0.15, -0.1) is 47.7 Å². The molecule has 0 saturated heterocycles. The smallest absolute Gasteiger partial charge is 0.221 e. The predicted molar refractivity (Wildman–Crippen MR) is 336 cm³/mol. The lowest BCUT2D eigenvalue weighted by atomic mass is 10.1. The maximum absolute atomic E-state index is 11.9. The zero-order valence-corrected chi connectivity index (χ0v) is 52.9. The van der Waals surface area contributed by atoms with Crippen LogP contribution in [0.25, 0.3) is 0 Å². The van der Waals surface area contributed by atoms with Gasteiger partial charge in [-0.25, -0.2) is 0 Å². The number of thioether (sulfide) groups is 3. The number of halogens is 2. The van der Waals surface area contributed by atoms with Gasteiger partial charge in [0.1, 0.15) is 0 Å². The monoisotopic (exact) mass is 1190 g/mol. The van der Waals surface area contributed by atoms with E-state index in [0.29, 0.717) is 38.9 Å². The van der Waals surface area contributed by atoms with Crippen molar-refractivity contribution in [3.05, 3.63) is 54.6 Å². The van der Waals surface area contributed by atoms with Crippen LogP contribution in [0.1, 0.15) is 194 Å². The standard InChI is InChI=1S/C21H35NO3S.C19H31NO3S.C11H21ClO.C10H15NO2S.ClH/c1-4-5-6-7-8-9-10-11-12-21(23)22-15-16-26-18-13-14-19(24-2)20(17-18)25-3;1-2-3-4-5-6-7-8-9-10-19(23)20-13-14-24-16-11-12-17(21)18(22)15-16;1-2-3-4-5-6-7-8-9-10-11(12)13;1-12-9-4-3-8(14-6-5-11)7-10(9)13-2;/h13-14,17H,4-12,15-16H2,1-3H3,(H,22,23);11-12,15,21-22H,2-10,13-14H2,1H3,(H,20,23);2-10H2,1H3;3-4,7H,5-6,11H2,1-2H3;1H. The number of amides is 2. The highest BCUT2D eigenvalue weighted by molar-refractivity contribution is 7.99. The highest BCUT2D eigenvalue weighted by Gasteiger charge is 2.08. The van der Waals surface area contributed by atoms with Gasteiger partial charge in [-0.1, -0.05) is 156 Å². The Morgan fingerprint density at radius 1 is 0.449 bits per heavy atom. The largest absolute Gasteiger partial charge is 0.504 e. The third-order valence-corrected chi connectivity index (χ3v) is 15.4. The molecular formula is C61H103Cl2N3O9S3. The molecule has 0 radical (unpaired) electrons. The molecule has 17 heteroatoms. The van der Waals surface area contributed by atoms with Crippen molar-refractivity contribution in [2.24, 2.45) is 5.73 Å². The van der Waals surface area contributed by atoms with Crippen molar-refractivity contribution in [1.29, 1.82) is 0 Å². The van der Waals surface area contributed by atoms with E-state index in [1.807, 2.05) is 36.4 Å². The Kier molecular flexibility index (Phi) is 54.7. The molecule has 0 unspecified atom stereocenters. The Labute approximate surface area is 496 Å². The van der Waals surface area contributed by atoms with E-state index in [4.69, 9.17) is 36.3 Å². The van der Waals surface area contributed by atoms with Crippen molar-refractivity contribution < 1.29 is 43.5 Å². The molecule has 78 heavy (non-hydrogen) atoms. The number of aromatic hydroxyl groups is 2. The van der Waals surface area contributed by atoms with Crippen molar-refractivity contribution in [1.82, 2.24) is 10.6 Å². The van der Waals surface area contributed by atoms with Crippen LogP contribution in [0, 0.1) is 0 Å². The number of carbonyl (C=O) groups excluding carboxylic acids is 3. The molecule has 0 fully saturated rings. The molecule has 0 aliphatic heterocycles. The van der Waals surface area contributed by atoms with Crippen LogP contribution in [0.3, 0.4) is 0 Å². The molecule has 0 spiro atoms. The van der Waals surface area contributed by atoms with Crippen LogP contribution in [0.5, 0.6) is 34.5 Å². The van der Waals surface area contributed by atoms with Crippen LogP contribution in [-0.4, -0.2) is 92.6 Å². The molecule has 0 aliphatic rings. The summed E-state index contributed by atoms with van der Waals surface area (Å²) in [6, 6.07) is 16.5. The number of unbranched alkanes of at least 4 members (excludes halogenated alkanes) is 21. The van der Waals surface area contributed by atoms with Crippen LogP contribution < -0.4 is 35.3 Å². The number of phenolic OH excluding ortho intramolecular Hbond substituents is 2. The fourth-order valence-corrected chi connectivity index (χ4v) is 10.2. The Morgan fingerprint density at radius 2 is 0.769 bits per heavy atom. The fourth-order valence-electron chi connectivity index (χ4n) is 7.71. The van der Waals surface area contributed by atoms with Gasteiger partial charge in [0.25, 0.3) is 0 Å². The van der Waals surface area contributed by atoms with Gasteiger partial charge in [0.2, 0.25) is 17.1 Å². The number of nitrogens with one attached hydrogen (secondary N) is 2. The van der Waals surface area contributed by atoms with E-state index in [0.717, 1.165) is 87.0 Å². The molecule has 3 aromatic carbocycles. The van der Waals surface area contributed by atoms with Crippen LogP contribution in [0.4, 0.5) is 0 Å². The van der Waals surface area contributed by atoms with Gasteiger partial charge in [0.05, 0.1) is 28.4 Å². The van der Waals surface area contributed by atoms with Crippen LogP contribution in [0.15, 0.2) is 69.3 Å². The van der Waals surface area contributed by atoms with Gasteiger partial charge in [-0.05, 0) is 85.5 Å². The topological polar surface area (TPSA) is 179 Å². The minimum absolute atomic E-state index is 0. The number of carbonyl (C=O) groups is 3. The molecule has 0 aromatic heterocycles. The summed E-state index contributed by atoms with van der Waals surface area (Å²) in [5, 5.41) is 24.4. The average Bonchev–Trinajstić information content (AvgIpc) is 3.43. The van der Waals surface area contributed by atoms with E-state index >= 15 is 0 Å². The number of hydrogen-bond acceptors (Lipinski definition) is 13. The molecule has 3 aromatic rings. The quantitative estimate of drug-likeness (QED) is 0.0157. The third kappa shape index (κ3) is 44.4. The molecule has 0 saturated carbocycles. The van der Waals surface area contributed by atoms with Crippen LogP contribution >= 0.6 is 59.3 Å². The second kappa shape index (κ2) is 55.6. The summed E-state index contributed by atoms with van der Waals surface area (Å²) in [6.45, 7) is 8.68. The fraction of sp³-hybridized carbons (Fsp3) is 0.656. The lowest BCUT2D eigenvalue weighted by Crippen LogP contribution is -2.25. The van der Waals surface area contributed by atoms with Gasteiger partial charge in [-0.3, -0.25) is 14.4 Å². The maximum Gasteiger partial charge on any atom is 0.221 e. The summed E-state index contributed by atoms with van der Waals surface area (Å²) in [5.41, 5.74) is 5.43. The summed E-state index contributed by atoms with van der Waals surface area (Å²) >= 11 is 10.2. The van der Waals surface area contributed by atoms with Crippen molar-refractivity contribution in [2.45, 2.75) is 209 Å². The number of methoxy groups -OCH3 is 4. The van der Waals surface area contributed by atoms with Crippen molar-refractivity contribution in [2.75, 3.05) is 65.3 Å². The van der Waals surface area contributed by atoms with E-state index in [2.05, 4.69) is 31.4 Å². The molecule has 6 N–H and O–H groups in total. The zero-order chi connectivity index (χ0) is 57.0. The van der Waals surface area contributed by atoms with E-state index in [1.54, 1.807) is 69.8 Å². The Morgan fingerprint density at radius 3 is 1.10 bits per heavy atom. The molecular weight excluding hydrogens is 1090 g/mol. The van der Waals surface area contributed by atoms with Crippen molar-refractivity contribution >= 4 is 76.4 Å². The van der Waals surface area contributed by atoms with Gasteiger partial charge < -0.3 is 45.5 Å². The average molecular weight is 1190 g/mol. The molecule has 2 amide bonds. The Bertz CT molecular complexity index is 1920. The summed E-state index contributed by atoms with van der Waals surface area (Å²) in [7, 11) is 6.53. The number of hydrogen-bond donors (Lipinski definition) is 5. The second-order valence-corrected chi connectivity index (χ2v) is 22.7. The molecule has 3 rings (SSSR count). The number of phenols is 2. The zero-order valence-electron chi connectivity index (χ0n) is 48.9. The van der Waals surface area contributed by atoms with Gasteiger partial charge >= 0.3 is 0 Å². The third-order valence-electron chi connectivity index (χ3n) is 12.2. The van der Waals surface area contributed by atoms with Crippen LogP contribution in [0.2, 0.25) is 0 Å². The summed E-state index contributed by atoms with van der Waals surface area (Å²) < 4.78 is 20.9. The van der Waals surface area contributed by atoms with Gasteiger partial charge in [0, 0.05) is 70.8 Å². The SMILES string of the molecule is CCCCCCCCCCC(=O)Cl.CCCCCCCCCCC(=O)NCCSc1ccc(O)c(O)c1.CCCCCCCCCCC(=O)NCCSc1ccc(OC)c(OC)c1.COc1ccc(SCCN)cc1OC.Cl. The summed E-state index contributed by atoms with van der Waals surface area (Å²) in [6.07, 6.45) is 31.9. The van der Waals surface area contributed by atoms with E-state index < -0.39 is 0 Å². The first-order valence-electron chi connectivity index (χ1n) is 28.7. The first kappa shape index (κ1) is 76.7. The lowest BCUT2D eigenvalue weighted by molar-refractivity contribution is -0.121. The van der Waals surface area contributed by atoms with Crippen molar-refractivity contribution in [3.8, 4) is 34.5 Å². The second-order valence-electron chi connectivity index (χ2n) is 18.7. The lowest BCUT2D eigenvalue weighted by Gasteiger charge is -2.09. The summed E-state index contributed by atoms with van der Waals surface area (Å²) in [4.78, 5) is 37.1. The molecule has 12 nitrogen and oxygen atoms in total. The molecule has 0 atom stereocenters. The minimum atomic E-state index is -0.189. The Balaban J connectivity index is 0. The molecule has 0 heterocycles. The molecule has 448 valence electrons. The van der Waals surface area contributed by atoms with E-state index in [1.165, 1.54) is 134 Å². The van der Waals surface area contributed by atoms with Gasteiger partial charge in [0.15, 0.2) is 34.5 Å². The highest BCUT2D eigenvalue weighted by atomic mass is 35.5. The number of ether oxygens (including phenoxy) is 4. The van der Waals surface area contributed by atoms with E-state index in [9.17, 15) is 24.6 Å².